The number of hydrogen-bond donors (Lipinski definition) is 2. The third-order valence-corrected chi connectivity index (χ3v) is 4.64. The van der Waals surface area contributed by atoms with E-state index < -0.39 is 12.0 Å². The monoisotopic (exact) mass is 394 g/mol. The number of rotatable bonds is 5. The van der Waals surface area contributed by atoms with Crippen molar-refractivity contribution in [2.24, 2.45) is 0 Å². The SMILES string of the molecule is Cc1cccc(O[C@@H](C)C(=O)NNC(=O)Cc2ccc(Cl)c(Cl)c2)c1C. The highest BCUT2D eigenvalue weighted by molar-refractivity contribution is 6.42. The van der Waals surface area contributed by atoms with Crippen molar-refractivity contribution in [3.63, 3.8) is 0 Å². The van der Waals surface area contributed by atoms with Crippen molar-refractivity contribution >= 4 is 35.0 Å². The Morgan fingerprint density at radius 1 is 1.08 bits per heavy atom. The topological polar surface area (TPSA) is 67.4 Å². The Morgan fingerprint density at radius 2 is 1.81 bits per heavy atom. The second-order valence-electron chi connectivity index (χ2n) is 5.92. The lowest BCUT2D eigenvalue weighted by atomic mass is 10.1. The van der Waals surface area contributed by atoms with E-state index in [2.05, 4.69) is 10.9 Å². The van der Waals surface area contributed by atoms with Crippen LogP contribution in [0, 0.1) is 13.8 Å². The van der Waals surface area contributed by atoms with Gasteiger partial charge < -0.3 is 4.74 Å². The molecule has 1 atom stereocenters. The zero-order valence-electron chi connectivity index (χ0n) is 14.7. The van der Waals surface area contributed by atoms with Gasteiger partial charge in [-0.3, -0.25) is 20.4 Å². The summed E-state index contributed by atoms with van der Waals surface area (Å²) in [5.74, 6) is -0.196. The van der Waals surface area contributed by atoms with Crippen molar-refractivity contribution in [1.82, 2.24) is 10.9 Å². The second-order valence-corrected chi connectivity index (χ2v) is 6.74. The average molecular weight is 395 g/mol. The van der Waals surface area contributed by atoms with Gasteiger partial charge in [-0.2, -0.15) is 0 Å². The highest BCUT2D eigenvalue weighted by atomic mass is 35.5. The number of halogens is 2. The maximum absolute atomic E-state index is 12.1. The summed E-state index contributed by atoms with van der Waals surface area (Å²) in [6.07, 6.45) is -0.704. The molecule has 7 heteroatoms. The smallest absolute Gasteiger partial charge is 0.279 e. The number of carbonyl (C=O) groups is 2. The number of nitrogens with one attached hydrogen (secondary N) is 2. The van der Waals surface area contributed by atoms with Gasteiger partial charge in [0.2, 0.25) is 5.91 Å². The number of benzene rings is 2. The van der Waals surface area contributed by atoms with Gasteiger partial charge in [-0.1, -0.05) is 41.4 Å². The van der Waals surface area contributed by atoms with E-state index in [0.717, 1.165) is 11.1 Å². The van der Waals surface area contributed by atoms with Crippen molar-refractivity contribution in [3.05, 3.63) is 63.1 Å². The van der Waals surface area contributed by atoms with Gasteiger partial charge in [0.1, 0.15) is 5.75 Å². The third-order valence-electron chi connectivity index (χ3n) is 3.90. The number of hydrogen-bond acceptors (Lipinski definition) is 3. The van der Waals surface area contributed by atoms with Crippen LogP contribution in [0.1, 0.15) is 23.6 Å². The van der Waals surface area contributed by atoms with E-state index in [1.807, 2.05) is 26.0 Å². The Bertz CT molecular complexity index is 824. The van der Waals surface area contributed by atoms with E-state index in [-0.39, 0.29) is 12.3 Å². The number of hydrazine groups is 1. The summed E-state index contributed by atoms with van der Waals surface area (Å²) in [4.78, 5) is 24.1. The van der Waals surface area contributed by atoms with Crippen molar-refractivity contribution in [3.8, 4) is 5.75 Å². The standard InChI is InChI=1S/C19H20Cl2N2O3/c1-11-5-4-6-17(12(11)2)26-13(3)19(25)23-22-18(24)10-14-7-8-15(20)16(21)9-14/h4-9,13H,10H2,1-3H3,(H,22,24)(H,23,25)/t13-/m0/s1. The molecule has 0 aromatic heterocycles. The van der Waals surface area contributed by atoms with Crippen molar-refractivity contribution < 1.29 is 14.3 Å². The predicted molar refractivity (Wildman–Crippen MR) is 102 cm³/mol. The first-order chi connectivity index (χ1) is 12.3. The molecule has 0 saturated carbocycles. The van der Waals surface area contributed by atoms with Crippen LogP contribution >= 0.6 is 23.2 Å². The number of ether oxygens (including phenoxy) is 1. The molecule has 26 heavy (non-hydrogen) atoms. The van der Waals surface area contributed by atoms with Crippen LogP contribution < -0.4 is 15.6 Å². The molecular weight excluding hydrogens is 375 g/mol. The molecule has 0 heterocycles. The highest BCUT2D eigenvalue weighted by Crippen LogP contribution is 2.23. The third kappa shape index (κ3) is 5.38. The summed E-state index contributed by atoms with van der Waals surface area (Å²) in [5.41, 5.74) is 7.45. The molecule has 0 bridgehead atoms. The first-order valence-corrected chi connectivity index (χ1v) is 8.79. The minimum absolute atomic E-state index is 0.0589. The van der Waals surface area contributed by atoms with Crippen molar-refractivity contribution in [1.29, 1.82) is 0 Å². The van der Waals surface area contributed by atoms with Gasteiger partial charge >= 0.3 is 0 Å². The van der Waals surface area contributed by atoms with Crippen LogP contribution in [0.5, 0.6) is 5.75 Å². The molecule has 0 aliphatic rings. The van der Waals surface area contributed by atoms with Crippen LogP contribution in [0.4, 0.5) is 0 Å². The summed E-state index contributed by atoms with van der Waals surface area (Å²) >= 11 is 11.8. The molecule has 2 aromatic rings. The lowest BCUT2D eigenvalue weighted by molar-refractivity contribution is -0.132. The fourth-order valence-corrected chi connectivity index (χ4v) is 2.53. The first kappa shape index (κ1) is 20.1. The lowest BCUT2D eigenvalue weighted by Gasteiger charge is -2.17. The van der Waals surface area contributed by atoms with Gasteiger partial charge in [-0.15, -0.1) is 0 Å². The molecule has 2 aromatic carbocycles. The van der Waals surface area contributed by atoms with Crippen LogP contribution in [-0.2, 0) is 16.0 Å². The quantitative estimate of drug-likeness (QED) is 0.758. The van der Waals surface area contributed by atoms with E-state index in [1.165, 1.54) is 0 Å². The van der Waals surface area contributed by atoms with Gasteiger partial charge in [-0.25, -0.2) is 0 Å². The number of aryl methyl sites for hydroxylation is 1. The molecular formula is C19H20Cl2N2O3. The van der Waals surface area contributed by atoms with E-state index >= 15 is 0 Å². The zero-order valence-corrected chi connectivity index (χ0v) is 16.2. The molecule has 0 saturated heterocycles. The minimum atomic E-state index is -0.763. The summed E-state index contributed by atoms with van der Waals surface area (Å²) in [5, 5.41) is 0.790. The van der Waals surface area contributed by atoms with Gasteiger partial charge in [0.05, 0.1) is 16.5 Å². The fourth-order valence-electron chi connectivity index (χ4n) is 2.21. The molecule has 5 nitrogen and oxygen atoms in total. The molecule has 138 valence electrons. The van der Waals surface area contributed by atoms with Crippen LogP contribution in [0.15, 0.2) is 36.4 Å². The van der Waals surface area contributed by atoms with E-state index in [0.29, 0.717) is 21.4 Å². The molecule has 0 aliphatic heterocycles. The van der Waals surface area contributed by atoms with E-state index in [9.17, 15) is 9.59 Å². The van der Waals surface area contributed by atoms with Crippen LogP contribution in [-0.4, -0.2) is 17.9 Å². The Balaban J connectivity index is 1.85. The van der Waals surface area contributed by atoms with Crippen LogP contribution in [0.25, 0.3) is 0 Å². The van der Waals surface area contributed by atoms with Gasteiger partial charge in [0.25, 0.3) is 5.91 Å². The van der Waals surface area contributed by atoms with Gasteiger partial charge in [0, 0.05) is 0 Å². The molecule has 0 spiro atoms. The van der Waals surface area contributed by atoms with Crippen molar-refractivity contribution in [2.75, 3.05) is 0 Å². The average Bonchev–Trinajstić information content (AvgIpc) is 2.60. The first-order valence-electron chi connectivity index (χ1n) is 8.03. The molecule has 2 N–H and O–H groups in total. The van der Waals surface area contributed by atoms with Gasteiger partial charge in [0.15, 0.2) is 6.10 Å². The van der Waals surface area contributed by atoms with Gasteiger partial charge in [-0.05, 0) is 55.7 Å². The fraction of sp³-hybridized carbons (Fsp3) is 0.263. The second kappa shape index (κ2) is 8.92. The minimum Gasteiger partial charge on any atom is -0.481 e. The lowest BCUT2D eigenvalue weighted by Crippen LogP contribution is -2.47. The Kier molecular flexibility index (Phi) is 6.89. The molecule has 0 fully saturated rings. The summed E-state index contributed by atoms with van der Waals surface area (Å²) < 4.78 is 5.67. The maximum Gasteiger partial charge on any atom is 0.279 e. The maximum atomic E-state index is 12.1. The summed E-state index contributed by atoms with van der Waals surface area (Å²) in [7, 11) is 0. The largest absolute Gasteiger partial charge is 0.481 e. The highest BCUT2D eigenvalue weighted by Gasteiger charge is 2.17. The van der Waals surface area contributed by atoms with E-state index in [1.54, 1.807) is 31.2 Å². The molecule has 0 aliphatic carbocycles. The summed E-state index contributed by atoms with van der Waals surface area (Å²) in [6.45, 7) is 5.51. The normalized spacial score (nSPS) is 11.6. The van der Waals surface area contributed by atoms with Crippen LogP contribution in [0.2, 0.25) is 10.0 Å². The van der Waals surface area contributed by atoms with E-state index in [4.69, 9.17) is 27.9 Å². The molecule has 0 unspecified atom stereocenters. The molecule has 0 radical (unpaired) electrons. The Labute approximate surface area is 162 Å². The van der Waals surface area contributed by atoms with Crippen molar-refractivity contribution in [2.45, 2.75) is 33.3 Å². The predicted octanol–water partition coefficient (Wildman–Crippen LogP) is 3.77. The Hall–Kier alpha value is -2.24. The summed E-state index contributed by atoms with van der Waals surface area (Å²) in [6, 6.07) is 10.6. The molecule has 2 amide bonds. The Morgan fingerprint density at radius 3 is 2.50 bits per heavy atom. The number of amides is 2. The zero-order chi connectivity index (χ0) is 19.3. The number of carbonyl (C=O) groups excluding carboxylic acids is 2. The molecule has 2 rings (SSSR count). The van der Waals surface area contributed by atoms with Crippen LogP contribution in [0.3, 0.4) is 0 Å².